The Morgan fingerprint density at radius 2 is 1.83 bits per heavy atom. The largest absolute Gasteiger partial charge is 0.364 e. The first-order valence-corrected chi connectivity index (χ1v) is 7.60. The second-order valence-electron chi connectivity index (χ2n) is 5.05. The van der Waals surface area contributed by atoms with Crippen molar-refractivity contribution in [3.05, 3.63) is 70.9 Å². The number of anilines is 3. The van der Waals surface area contributed by atoms with Crippen molar-refractivity contribution in [2.24, 2.45) is 0 Å². The third-order valence-electron chi connectivity index (χ3n) is 3.37. The van der Waals surface area contributed by atoms with Gasteiger partial charge in [0.2, 0.25) is 5.95 Å². The fraction of sp³-hybridized carbons (Fsp3) is 0.118. The van der Waals surface area contributed by atoms with E-state index in [1.54, 1.807) is 6.20 Å². The molecular weight excluding hydrogens is 310 g/mol. The summed E-state index contributed by atoms with van der Waals surface area (Å²) in [6, 6.07) is 15.6. The molecular formula is C17H16ClN5. The summed E-state index contributed by atoms with van der Waals surface area (Å²) in [7, 11) is 0. The zero-order chi connectivity index (χ0) is 16.1. The van der Waals surface area contributed by atoms with Gasteiger partial charge in [0.25, 0.3) is 0 Å². The van der Waals surface area contributed by atoms with Gasteiger partial charge in [0.1, 0.15) is 0 Å². The number of aryl methyl sites for hydroxylation is 1. The average molecular weight is 326 g/mol. The van der Waals surface area contributed by atoms with Gasteiger partial charge in [0.15, 0.2) is 5.82 Å². The molecule has 0 fully saturated rings. The van der Waals surface area contributed by atoms with Gasteiger partial charge in [-0.2, -0.15) is 10.1 Å². The second kappa shape index (κ2) is 7.07. The van der Waals surface area contributed by atoms with Crippen LogP contribution in [0, 0.1) is 6.92 Å². The number of benzene rings is 2. The molecule has 2 aromatic carbocycles. The lowest BCUT2D eigenvalue weighted by atomic mass is 10.2. The van der Waals surface area contributed by atoms with Gasteiger partial charge < -0.3 is 10.6 Å². The minimum absolute atomic E-state index is 0.448. The molecule has 1 heterocycles. The Hall–Kier alpha value is -2.66. The molecule has 23 heavy (non-hydrogen) atoms. The van der Waals surface area contributed by atoms with Gasteiger partial charge in [-0.15, -0.1) is 5.10 Å². The van der Waals surface area contributed by atoms with Crippen LogP contribution in [0.2, 0.25) is 5.02 Å². The van der Waals surface area contributed by atoms with Crippen molar-refractivity contribution >= 4 is 29.1 Å². The lowest BCUT2D eigenvalue weighted by Crippen LogP contribution is -2.06. The zero-order valence-electron chi connectivity index (χ0n) is 12.6. The standard InChI is InChI=1S/C17H16ClN5/c1-12-6-2-5-9-15(12)21-17-22-16(11-20-23-17)19-10-13-7-3-4-8-14(13)18/h2-9,11H,10H2,1H3,(H2,19,21,22,23). The van der Waals surface area contributed by atoms with Crippen LogP contribution in [0.15, 0.2) is 54.7 Å². The number of nitrogens with zero attached hydrogens (tertiary/aromatic N) is 3. The molecule has 0 radical (unpaired) electrons. The van der Waals surface area contributed by atoms with Crippen molar-refractivity contribution in [3.63, 3.8) is 0 Å². The molecule has 0 bridgehead atoms. The summed E-state index contributed by atoms with van der Waals surface area (Å²) >= 11 is 6.15. The SMILES string of the molecule is Cc1ccccc1Nc1nncc(NCc2ccccc2Cl)n1. The van der Waals surface area contributed by atoms with Gasteiger partial charge in [0.05, 0.1) is 6.20 Å². The van der Waals surface area contributed by atoms with Crippen LogP contribution in [0.3, 0.4) is 0 Å². The van der Waals surface area contributed by atoms with E-state index in [1.807, 2.05) is 55.5 Å². The number of hydrogen-bond acceptors (Lipinski definition) is 5. The summed E-state index contributed by atoms with van der Waals surface area (Å²) in [6.07, 6.45) is 1.58. The summed E-state index contributed by atoms with van der Waals surface area (Å²) in [6.45, 7) is 2.59. The van der Waals surface area contributed by atoms with Crippen molar-refractivity contribution < 1.29 is 0 Å². The number of para-hydroxylation sites is 1. The van der Waals surface area contributed by atoms with Gasteiger partial charge in [-0.1, -0.05) is 48.0 Å². The quantitative estimate of drug-likeness (QED) is 0.736. The van der Waals surface area contributed by atoms with E-state index >= 15 is 0 Å². The lowest BCUT2D eigenvalue weighted by Gasteiger charge is -2.09. The average Bonchev–Trinajstić information content (AvgIpc) is 2.57. The Labute approximate surface area is 139 Å². The van der Waals surface area contributed by atoms with Crippen LogP contribution in [0.25, 0.3) is 0 Å². The number of halogens is 1. The van der Waals surface area contributed by atoms with Gasteiger partial charge in [0, 0.05) is 17.3 Å². The smallest absolute Gasteiger partial charge is 0.249 e. The molecule has 116 valence electrons. The highest BCUT2D eigenvalue weighted by Crippen LogP contribution is 2.19. The molecule has 0 amide bonds. The number of nitrogens with one attached hydrogen (secondary N) is 2. The van der Waals surface area contributed by atoms with Gasteiger partial charge in [-0.25, -0.2) is 0 Å². The van der Waals surface area contributed by atoms with Crippen molar-refractivity contribution in [3.8, 4) is 0 Å². The summed E-state index contributed by atoms with van der Waals surface area (Å²) in [5.74, 6) is 1.08. The Bertz CT molecular complexity index is 806. The fourth-order valence-corrected chi connectivity index (χ4v) is 2.31. The van der Waals surface area contributed by atoms with Gasteiger partial charge in [-0.3, -0.25) is 0 Å². The van der Waals surface area contributed by atoms with E-state index in [1.165, 1.54) is 0 Å². The number of hydrogen-bond donors (Lipinski definition) is 2. The molecule has 2 N–H and O–H groups in total. The molecule has 0 aliphatic carbocycles. The van der Waals surface area contributed by atoms with E-state index in [9.17, 15) is 0 Å². The van der Waals surface area contributed by atoms with E-state index in [0.717, 1.165) is 21.8 Å². The first kappa shape index (κ1) is 15.2. The van der Waals surface area contributed by atoms with Crippen LogP contribution in [0.4, 0.5) is 17.5 Å². The Kier molecular flexibility index (Phi) is 4.68. The molecule has 3 rings (SSSR count). The molecule has 1 aromatic heterocycles. The fourth-order valence-electron chi connectivity index (χ4n) is 2.10. The minimum Gasteiger partial charge on any atom is -0.364 e. The Balaban J connectivity index is 1.70. The maximum Gasteiger partial charge on any atom is 0.249 e. The number of aromatic nitrogens is 3. The Morgan fingerprint density at radius 1 is 1.04 bits per heavy atom. The summed E-state index contributed by atoms with van der Waals surface area (Å²) < 4.78 is 0. The third-order valence-corrected chi connectivity index (χ3v) is 3.74. The van der Waals surface area contributed by atoms with E-state index in [-0.39, 0.29) is 0 Å². The van der Waals surface area contributed by atoms with Crippen molar-refractivity contribution in [1.29, 1.82) is 0 Å². The van der Waals surface area contributed by atoms with Crippen molar-refractivity contribution in [1.82, 2.24) is 15.2 Å². The van der Waals surface area contributed by atoms with Crippen LogP contribution in [0.1, 0.15) is 11.1 Å². The molecule has 0 aliphatic rings. The van der Waals surface area contributed by atoms with E-state index in [2.05, 4.69) is 25.8 Å². The predicted molar refractivity (Wildman–Crippen MR) is 93.1 cm³/mol. The maximum absolute atomic E-state index is 6.15. The minimum atomic E-state index is 0.448. The molecule has 0 aliphatic heterocycles. The van der Waals surface area contributed by atoms with Gasteiger partial charge >= 0.3 is 0 Å². The predicted octanol–water partition coefficient (Wildman–Crippen LogP) is 4.19. The second-order valence-corrected chi connectivity index (χ2v) is 5.46. The summed E-state index contributed by atoms with van der Waals surface area (Å²) in [4.78, 5) is 4.41. The molecule has 0 spiro atoms. The Morgan fingerprint density at radius 3 is 2.65 bits per heavy atom. The summed E-state index contributed by atoms with van der Waals surface area (Å²) in [5.41, 5.74) is 3.07. The van der Waals surface area contributed by atoms with Crippen LogP contribution in [-0.2, 0) is 6.54 Å². The van der Waals surface area contributed by atoms with Crippen LogP contribution in [0.5, 0.6) is 0 Å². The van der Waals surface area contributed by atoms with Crippen LogP contribution >= 0.6 is 11.6 Å². The van der Waals surface area contributed by atoms with Crippen LogP contribution in [-0.4, -0.2) is 15.2 Å². The molecule has 3 aromatic rings. The topological polar surface area (TPSA) is 62.7 Å². The van der Waals surface area contributed by atoms with Gasteiger partial charge in [-0.05, 0) is 30.2 Å². The van der Waals surface area contributed by atoms with E-state index < -0.39 is 0 Å². The van der Waals surface area contributed by atoms with E-state index in [0.29, 0.717) is 18.3 Å². The third kappa shape index (κ3) is 3.96. The van der Waals surface area contributed by atoms with Crippen LogP contribution < -0.4 is 10.6 Å². The number of rotatable bonds is 5. The molecule has 6 heteroatoms. The highest BCUT2D eigenvalue weighted by molar-refractivity contribution is 6.31. The molecule has 0 saturated heterocycles. The normalized spacial score (nSPS) is 10.3. The monoisotopic (exact) mass is 325 g/mol. The molecule has 5 nitrogen and oxygen atoms in total. The van der Waals surface area contributed by atoms with Crippen molar-refractivity contribution in [2.75, 3.05) is 10.6 Å². The lowest BCUT2D eigenvalue weighted by molar-refractivity contribution is 0.965. The zero-order valence-corrected chi connectivity index (χ0v) is 13.4. The first-order valence-electron chi connectivity index (χ1n) is 7.22. The molecule has 0 saturated carbocycles. The highest BCUT2D eigenvalue weighted by atomic mass is 35.5. The van der Waals surface area contributed by atoms with Crippen molar-refractivity contribution in [2.45, 2.75) is 13.5 Å². The van der Waals surface area contributed by atoms with E-state index in [4.69, 9.17) is 11.6 Å². The molecule has 0 atom stereocenters. The molecule has 0 unspecified atom stereocenters. The maximum atomic E-state index is 6.15. The summed E-state index contributed by atoms with van der Waals surface area (Å²) in [5, 5.41) is 15.1. The first-order chi connectivity index (χ1) is 11.2. The highest BCUT2D eigenvalue weighted by Gasteiger charge is 2.04.